The molecule has 0 spiro atoms. The molecule has 1 atom stereocenters. The molecule has 1 saturated heterocycles. The third-order valence-electron chi connectivity index (χ3n) is 3.03. The van der Waals surface area contributed by atoms with Gasteiger partial charge in [0.05, 0.1) is 4.88 Å². The first kappa shape index (κ1) is 14.5. The van der Waals surface area contributed by atoms with Gasteiger partial charge in [-0.05, 0) is 32.4 Å². The van der Waals surface area contributed by atoms with E-state index in [0.29, 0.717) is 6.04 Å². The SMILES string of the molecule is Cc1cc(C(=O)N2CCN[C@H](C)C2)sc1C.Cl. The van der Waals surface area contributed by atoms with Crippen LogP contribution >= 0.6 is 23.7 Å². The highest BCUT2D eigenvalue weighted by atomic mass is 35.5. The van der Waals surface area contributed by atoms with Gasteiger partial charge in [0.25, 0.3) is 5.91 Å². The topological polar surface area (TPSA) is 32.3 Å². The van der Waals surface area contributed by atoms with Crippen molar-refractivity contribution in [3.8, 4) is 0 Å². The number of aryl methyl sites for hydroxylation is 2. The fraction of sp³-hybridized carbons (Fsp3) is 0.583. The van der Waals surface area contributed by atoms with E-state index in [9.17, 15) is 4.79 Å². The number of carbonyl (C=O) groups is 1. The summed E-state index contributed by atoms with van der Waals surface area (Å²) in [5, 5.41) is 3.34. The molecule has 2 heterocycles. The number of thiophene rings is 1. The lowest BCUT2D eigenvalue weighted by atomic mass is 10.2. The van der Waals surface area contributed by atoms with E-state index in [4.69, 9.17) is 0 Å². The number of piperazine rings is 1. The Morgan fingerprint density at radius 2 is 2.24 bits per heavy atom. The first-order chi connectivity index (χ1) is 7.58. The number of carbonyl (C=O) groups excluding carboxylic acids is 1. The van der Waals surface area contributed by atoms with Gasteiger partial charge in [-0.1, -0.05) is 0 Å². The fourth-order valence-electron chi connectivity index (χ4n) is 1.95. The van der Waals surface area contributed by atoms with Crippen molar-refractivity contribution in [3.63, 3.8) is 0 Å². The lowest BCUT2D eigenvalue weighted by Gasteiger charge is -2.31. The summed E-state index contributed by atoms with van der Waals surface area (Å²) < 4.78 is 0. The Hall–Kier alpha value is -0.580. The van der Waals surface area contributed by atoms with Gasteiger partial charge in [-0.25, -0.2) is 0 Å². The summed E-state index contributed by atoms with van der Waals surface area (Å²) >= 11 is 1.61. The number of rotatable bonds is 1. The highest BCUT2D eigenvalue weighted by Crippen LogP contribution is 2.22. The molecule has 1 aromatic heterocycles. The van der Waals surface area contributed by atoms with Crippen molar-refractivity contribution in [2.45, 2.75) is 26.8 Å². The van der Waals surface area contributed by atoms with Crippen LogP contribution in [0.5, 0.6) is 0 Å². The number of nitrogens with one attached hydrogen (secondary N) is 1. The third-order valence-corrected chi connectivity index (χ3v) is 4.17. The van der Waals surface area contributed by atoms with Crippen LogP contribution in [0.1, 0.15) is 27.0 Å². The van der Waals surface area contributed by atoms with E-state index in [2.05, 4.69) is 26.1 Å². The van der Waals surface area contributed by atoms with Crippen LogP contribution in [-0.2, 0) is 0 Å². The van der Waals surface area contributed by atoms with Gasteiger partial charge < -0.3 is 10.2 Å². The molecule has 1 amide bonds. The van der Waals surface area contributed by atoms with E-state index in [1.54, 1.807) is 11.3 Å². The van der Waals surface area contributed by atoms with Crippen LogP contribution < -0.4 is 5.32 Å². The largest absolute Gasteiger partial charge is 0.335 e. The van der Waals surface area contributed by atoms with Crippen molar-refractivity contribution in [3.05, 3.63) is 21.4 Å². The Morgan fingerprint density at radius 1 is 1.53 bits per heavy atom. The normalized spacial score (nSPS) is 19.9. The second-order valence-electron chi connectivity index (χ2n) is 4.46. The van der Waals surface area contributed by atoms with E-state index in [-0.39, 0.29) is 18.3 Å². The van der Waals surface area contributed by atoms with Crippen molar-refractivity contribution in [2.24, 2.45) is 0 Å². The second kappa shape index (κ2) is 5.85. The van der Waals surface area contributed by atoms with E-state index in [1.165, 1.54) is 10.4 Å². The van der Waals surface area contributed by atoms with Crippen LogP contribution in [0.3, 0.4) is 0 Å². The highest BCUT2D eigenvalue weighted by Gasteiger charge is 2.22. The Labute approximate surface area is 113 Å². The van der Waals surface area contributed by atoms with Crippen molar-refractivity contribution < 1.29 is 4.79 Å². The summed E-state index contributed by atoms with van der Waals surface area (Å²) in [6, 6.07) is 2.41. The molecular formula is C12H19ClN2OS. The zero-order valence-corrected chi connectivity index (χ0v) is 12.1. The summed E-state index contributed by atoms with van der Waals surface area (Å²) in [7, 11) is 0. The Bertz CT molecular complexity index is 386. The van der Waals surface area contributed by atoms with E-state index in [0.717, 1.165) is 24.5 Å². The molecule has 1 aromatic rings. The quantitative estimate of drug-likeness (QED) is 0.852. The average Bonchev–Trinajstić information content (AvgIpc) is 2.58. The molecule has 0 aliphatic carbocycles. The van der Waals surface area contributed by atoms with E-state index >= 15 is 0 Å². The Balaban J connectivity index is 0.00000144. The van der Waals surface area contributed by atoms with Gasteiger partial charge in [-0.3, -0.25) is 4.79 Å². The monoisotopic (exact) mass is 274 g/mol. The number of hydrogen-bond donors (Lipinski definition) is 1. The van der Waals surface area contributed by atoms with Crippen molar-refractivity contribution in [1.29, 1.82) is 0 Å². The first-order valence-electron chi connectivity index (χ1n) is 5.67. The Kier molecular flexibility index (Phi) is 4.98. The van der Waals surface area contributed by atoms with Crippen LogP contribution in [-0.4, -0.2) is 36.5 Å². The smallest absolute Gasteiger partial charge is 0.264 e. The van der Waals surface area contributed by atoms with Crippen LogP contribution in [0.25, 0.3) is 0 Å². The molecule has 0 saturated carbocycles. The maximum Gasteiger partial charge on any atom is 0.264 e. The minimum Gasteiger partial charge on any atom is -0.335 e. The molecule has 3 nitrogen and oxygen atoms in total. The predicted molar refractivity (Wildman–Crippen MR) is 74.4 cm³/mol. The van der Waals surface area contributed by atoms with Crippen molar-refractivity contribution >= 4 is 29.7 Å². The number of nitrogens with zero attached hydrogens (tertiary/aromatic N) is 1. The van der Waals surface area contributed by atoms with Gasteiger partial charge in [0.15, 0.2) is 0 Å². The molecular weight excluding hydrogens is 256 g/mol. The molecule has 5 heteroatoms. The number of amides is 1. The Morgan fingerprint density at radius 3 is 2.76 bits per heavy atom. The molecule has 0 bridgehead atoms. The van der Waals surface area contributed by atoms with Gasteiger partial charge in [-0.2, -0.15) is 0 Å². The molecule has 0 radical (unpaired) electrons. The second-order valence-corrected chi connectivity index (χ2v) is 5.71. The maximum atomic E-state index is 12.2. The van der Waals surface area contributed by atoms with Gasteiger partial charge in [-0.15, -0.1) is 23.7 Å². The molecule has 2 rings (SSSR count). The summed E-state index contributed by atoms with van der Waals surface area (Å²) in [6.45, 7) is 8.77. The van der Waals surface area contributed by atoms with Crippen LogP contribution in [0.4, 0.5) is 0 Å². The standard InChI is InChI=1S/C12H18N2OS.ClH/c1-8-6-11(16-10(8)3)12(15)14-5-4-13-9(2)7-14;/h6,9,13H,4-5,7H2,1-3H3;1H/t9-;/m1./s1. The highest BCUT2D eigenvalue weighted by molar-refractivity contribution is 7.14. The fourth-order valence-corrected chi connectivity index (χ4v) is 2.95. The molecule has 0 unspecified atom stereocenters. The molecule has 1 aliphatic rings. The van der Waals surface area contributed by atoms with E-state index < -0.39 is 0 Å². The third kappa shape index (κ3) is 3.21. The molecule has 0 aromatic carbocycles. The van der Waals surface area contributed by atoms with Gasteiger partial charge >= 0.3 is 0 Å². The zero-order valence-electron chi connectivity index (χ0n) is 10.4. The first-order valence-corrected chi connectivity index (χ1v) is 6.49. The van der Waals surface area contributed by atoms with E-state index in [1.807, 2.05) is 11.0 Å². The maximum absolute atomic E-state index is 12.2. The minimum atomic E-state index is 0. The zero-order chi connectivity index (χ0) is 11.7. The number of hydrogen-bond acceptors (Lipinski definition) is 3. The predicted octanol–water partition coefficient (Wildman–Crippen LogP) is 2.22. The lowest BCUT2D eigenvalue weighted by molar-refractivity contribution is 0.0714. The number of halogens is 1. The molecule has 17 heavy (non-hydrogen) atoms. The van der Waals surface area contributed by atoms with Gasteiger partial charge in [0, 0.05) is 30.6 Å². The van der Waals surface area contributed by atoms with Gasteiger partial charge in [0.2, 0.25) is 0 Å². The van der Waals surface area contributed by atoms with Gasteiger partial charge in [0.1, 0.15) is 0 Å². The molecule has 96 valence electrons. The lowest BCUT2D eigenvalue weighted by Crippen LogP contribution is -2.51. The van der Waals surface area contributed by atoms with Crippen molar-refractivity contribution in [2.75, 3.05) is 19.6 Å². The molecule has 1 N–H and O–H groups in total. The van der Waals surface area contributed by atoms with Crippen molar-refractivity contribution in [1.82, 2.24) is 10.2 Å². The van der Waals surface area contributed by atoms with Crippen LogP contribution in [0.15, 0.2) is 6.07 Å². The molecule has 1 fully saturated rings. The summed E-state index contributed by atoms with van der Waals surface area (Å²) in [4.78, 5) is 16.3. The molecule has 1 aliphatic heterocycles. The van der Waals surface area contributed by atoms with Crippen LogP contribution in [0.2, 0.25) is 0 Å². The average molecular weight is 275 g/mol. The summed E-state index contributed by atoms with van der Waals surface area (Å²) in [6.07, 6.45) is 0. The van der Waals surface area contributed by atoms with Crippen LogP contribution in [0, 0.1) is 13.8 Å². The summed E-state index contributed by atoms with van der Waals surface area (Å²) in [5.41, 5.74) is 1.22. The minimum absolute atomic E-state index is 0. The summed E-state index contributed by atoms with van der Waals surface area (Å²) in [5.74, 6) is 0.189.